The summed E-state index contributed by atoms with van der Waals surface area (Å²) in [6.07, 6.45) is 2.14. The van der Waals surface area contributed by atoms with Crippen LogP contribution in [0, 0.1) is 0 Å². The first kappa shape index (κ1) is 12.5. The molecule has 2 rings (SSSR count). The van der Waals surface area contributed by atoms with Crippen LogP contribution in [-0.4, -0.2) is 29.1 Å². The Morgan fingerprint density at radius 2 is 1.94 bits per heavy atom. The molecule has 1 heterocycles. The summed E-state index contributed by atoms with van der Waals surface area (Å²) in [6.45, 7) is 8.73. The zero-order chi connectivity index (χ0) is 12.3. The predicted octanol–water partition coefficient (Wildman–Crippen LogP) is 3.64. The van der Waals surface area contributed by atoms with Crippen LogP contribution in [0.3, 0.4) is 0 Å². The summed E-state index contributed by atoms with van der Waals surface area (Å²) < 4.78 is 2.28. The van der Waals surface area contributed by atoms with Crippen LogP contribution >= 0.6 is 11.6 Å². The monoisotopic (exact) mass is 250 g/mol. The number of hydrogen-bond donors (Lipinski definition) is 0. The fourth-order valence-corrected chi connectivity index (χ4v) is 2.31. The second-order valence-electron chi connectivity index (χ2n) is 4.24. The molecule has 92 valence electrons. The van der Waals surface area contributed by atoms with E-state index in [1.54, 1.807) is 0 Å². The van der Waals surface area contributed by atoms with Gasteiger partial charge in [0.15, 0.2) is 0 Å². The molecule has 0 spiro atoms. The van der Waals surface area contributed by atoms with E-state index < -0.39 is 0 Å². The first-order chi connectivity index (χ1) is 8.24. The summed E-state index contributed by atoms with van der Waals surface area (Å²) in [7, 11) is 0. The molecule has 0 amide bonds. The van der Waals surface area contributed by atoms with E-state index in [1.807, 2.05) is 12.1 Å². The minimum absolute atomic E-state index is 0.806. The van der Waals surface area contributed by atoms with Crippen molar-refractivity contribution in [1.29, 1.82) is 0 Å². The number of halogens is 1. The Kier molecular flexibility index (Phi) is 4.08. The number of hydrogen-bond acceptors (Lipinski definition) is 1. The highest BCUT2D eigenvalue weighted by molar-refractivity contribution is 6.31. The van der Waals surface area contributed by atoms with Gasteiger partial charge in [0.05, 0.1) is 0 Å². The van der Waals surface area contributed by atoms with Crippen molar-refractivity contribution in [2.45, 2.75) is 20.4 Å². The van der Waals surface area contributed by atoms with Crippen LogP contribution in [0.5, 0.6) is 0 Å². The summed E-state index contributed by atoms with van der Waals surface area (Å²) in [5.41, 5.74) is 1.23. The second-order valence-corrected chi connectivity index (χ2v) is 4.68. The third kappa shape index (κ3) is 2.82. The lowest BCUT2D eigenvalue weighted by atomic mass is 10.2. The Labute approximate surface area is 108 Å². The van der Waals surface area contributed by atoms with Gasteiger partial charge in [0.2, 0.25) is 0 Å². The molecule has 3 heteroatoms. The maximum Gasteiger partial charge on any atom is 0.0495 e. The largest absolute Gasteiger partial charge is 0.346 e. The Bertz CT molecular complexity index is 486. The highest BCUT2D eigenvalue weighted by atomic mass is 35.5. The molecule has 1 aromatic heterocycles. The normalized spacial score (nSPS) is 11.5. The molecule has 0 aliphatic heterocycles. The first-order valence-electron chi connectivity index (χ1n) is 6.21. The number of rotatable bonds is 5. The van der Waals surface area contributed by atoms with Crippen molar-refractivity contribution >= 4 is 22.5 Å². The molecule has 0 saturated heterocycles. The Balaban J connectivity index is 2.16. The molecule has 2 aromatic rings. The van der Waals surface area contributed by atoms with Crippen molar-refractivity contribution in [2.75, 3.05) is 19.6 Å². The van der Waals surface area contributed by atoms with Crippen LogP contribution in [0.15, 0.2) is 30.5 Å². The van der Waals surface area contributed by atoms with Gasteiger partial charge in [0.25, 0.3) is 0 Å². The second kappa shape index (κ2) is 5.56. The van der Waals surface area contributed by atoms with Crippen molar-refractivity contribution in [1.82, 2.24) is 9.47 Å². The number of fused-ring (bicyclic) bond motifs is 1. The van der Waals surface area contributed by atoms with Crippen molar-refractivity contribution in [2.24, 2.45) is 0 Å². The van der Waals surface area contributed by atoms with Gasteiger partial charge in [-0.3, -0.25) is 0 Å². The van der Waals surface area contributed by atoms with E-state index >= 15 is 0 Å². The average molecular weight is 251 g/mol. The van der Waals surface area contributed by atoms with Gasteiger partial charge in [-0.25, -0.2) is 0 Å². The lowest BCUT2D eigenvalue weighted by Gasteiger charge is -2.18. The SMILES string of the molecule is CCN(CC)CCn1ccc2ccc(Cl)cc21. The van der Waals surface area contributed by atoms with Gasteiger partial charge in [0.1, 0.15) is 0 Å². The summed E-state index contributed by atoms with van der Waals surface area (Å²) in [4.78, 5) is 2.43. The summed E-state index contributed by atoms with van der Waals surface area (Å²) >= 11 is 6.04. The van der Waals surface area contributed by atoms with E-state index in [2.05, 4.69) is 41.6 Å². The zero-order valence-electron chi connectivity index (χ0n) is 10.5. The molecule has 2 nitrogen and oxygen atoms in total. The van der Waals surface area contributed by atoms with Gasteiger partial charge in [-0.2, -0.15) is 0 Å². The fourth-order valence-electron chi connectivity index (χ4n) is 2.14. The highest BCUT2D eigenvalue weighted by Crippen LogP contribution is 2.20. The maximum absolute atomic E-state index is 6.04. The molecule has 17 heavy (non-hydrogen) atoms. The third-order valence-electron chi connectivity index (χ3n) is 3.29. The van der Waals surface area contributed by atoms with E-state index in [4.69, 9.17) is 11.6 Å². The molecule has 0 unspecified atom stereocenters. The summed E-state index contributed by atoms with van der Waals surface area (Å²) in [6, 6.07) is 8.21. The van der Waals surface area contributed by atoms with Gasteiger partial charge < -0.3 is 9.47 Å². The molecule has 0 fully saturated rings. The molecule has 0 saturated carbocycles. The topological polar surface area (TPSA) is 8.17 Å². The highest BCUT2D eigenvalue weighted by Gasteiger charge is 2.03. The minimum atomic E-state index is 0.806. The smallest absolute Gasteiger partial charge is 0.0495 e. The molecule has 1 aromatic carbocycles. The number of benzene rings is 1. The van der Waals surface area contributed by atoms with Crippen LogP contribution in [0.2, 0.25) is 5.02 Å². The lowest BCUT2D eigenvalue weighted by molar-refractivity contribution is 0.292. The van der Waals surface area contributed by atoms with Gasteiger partial charge >= 0.3 is 0 Å². The van der Waals surface area contributed by atoms with Crippen LogP contribution in [0.1, 0.15) is 13.8 Å². The van der Waals surface area contributed by atoms with E-state index in [0.29, 0.717) is 0 Å². The van der Waals surface area contributed by atoms with Crippen molar-refractivity contribution in [3.63, 3.8) is 0 Å². The van der Waals surface area contributed by atoms with Crippen molar-refractivity contribution in [3.8, 4) is 0 Å². The van der Waals surface area contributed by atoms with Crippen molar-refractivity contribution < 1.29 is 0 Å². The molecule has 0 N–H and O–H groups in total. The van der Waals surface area contributed by atoms with Gasteiger partial charge in [-0.15, -0.1) is 0 Å². The Morgan fingerprint density at radius 1 is 1.18 bits per heavy atom. The summed E-state index contributed by atoms with van der Waals surface area (Å²) in [5, 5.41) is 2.06. The van der Waals surface area contributed by atoms with Gasteiger partial charge in [-0.05, 0) is 36.7 Å². The molecular weight excluding hydrogens is 232 g/mol. The van der Waals surface area contributed by atoms with Crippen LogP contribution in [0.4, 0.5) is 0 Å². The standard InChI is InChI=1S/C14H19ClN2/c1-3-16(4-2)9-10-17-8-7-12-5-6-13(15)11-14(12)17/h5-8,11H,3-4,9-10H2,1-2H3. The Morgan fingerprint density at radius 3 is 2.65 bits per heavy atom. The molecule has 0 radical (unpaired) electrons. The van der Waals surface area contributed by atoms with Gasteiger partial charge in [0, 0.05) is 29.8 Å². The molecule has 0 aliphatic rings. The first-order valence-corrected chi connectivity index (χ1v) is 6.59. The minimum Gasteiger partial charge on any atom is -0.346 e. The maximum atomic E-state index is 6.04. The van der Waals surface area contributed by atoms with Crippen LogP contribution in [0.25, 0.3) is 10.9 Å². The van der Waals surface area contributed by atoms with Gasteiger partial charge in [-0.1, -0.05) is 31.5 Å². The van der Waals surface area contributed by atoms with E-state index in [-0.39, 0.29) is 0 Å². The number of nitrogens with zero attached hydrogens (tertiary/aromatic N) is 2. The van der Waals surface area contributed by atoms with E-state index in [0.717, 1.165) is 31.2 Å². The van der Waals surface area contributed by atoms with E-state index in [9.17, 15) is 0 Å². The fraction of sp³-hybridized carbons (Fsp3) is 0.429. The van der Waals surface area contributed by atoms with Crippen LogP contribution < -0.4 is 0 Å². The lowest BCUT2D eigenvalue weighted by Crippen LogP contribution is -2.26. The predicted molar refractivity (Wildman–Crippen MR) is 74.7 cm³/mol. The van der Waals surface area contributed by atoms with Crippen molar-refractivity contribution in [3.05, 3.63) is 35.5 Å². The quantitative estimate of drug-likeness (QED) is 0.787. The molecular formula is C14H19ClN2. The molecule has 0 aliphatic carbocycles. The number of likely N-dealkylation sites (N-methyl/N-ethyl adjacent to an activating group) is 1. The van der Waals surface area contributed by atoms with Crippen LogP contribution in [-0.2, 0) is 6.54 Å². The summed E-state index contributed by atoms with van der Waals surface area (Å²) in [5.74, 6) is 0. The number of aromatic nitrogens is 1. The Hall–Kier alpha value is -0.990. The third-order valence-corrected chi connectivity index (χ3v) is 3.52. The molecule has 0 bridgehead atoms. The molecule has 0 atom stereocenters. The average Bonchev–Trinajstić information content (AvgIpc) is 2.73. The van der Waals surface area contributed by atoms with E-state index in [1.165, 1.54) is 10.9 Å². The zero-order valence-corrected chi connectivity index (χ0v) is 11.2.